The molecule has 0 aromatic heterocycles. The van der Waals surface area contributed by atoms with Crippen LogP contribution in [0.25, 0.3) is 0 Å². The molecular weight excluding hydrogens is 360 g/mol. The molecule has 0 aromatic rings. The highest BCUT2D eigenvalue weighted by molar-refractivity contribution is 4.97. The van der Waals surface area contributed by atoms with Crippen molar-refractivity contribution in [3.8, 4) is 0 Å². The number of hydrogen-bond acceptors (Lipinski definition) is 0. The van der Waals surface area contributed by atoms with E-state index in [-0.39, 0.29) is 0 Å². The molecule has 174 valence electrons. The highest BCUT2D eigenvalue weighted by atomic mass is 14.4. The molecule has 3 fully saturated rings. The maximum absolute atomic E-state index is 2.66. The van der Waals surface area contributed by atoms with Crippen LogP contribution in [0, 0.1) is 35.5 Å². The van der Waals surface area contributed by atoms with Gasteiger partial charge in [0.1, 0.15) is 0 Å². The van der Waals surface area contributed by atoms with E-state index in [9.17, 15) is 0 Å². The summed E-state index contributed by atoms with van der Waals surface area (Å²) in [6.45, 7) is 4.67. The summed E-state index contributed by atoms with van der Waals surface area (Å²) in [6.07, 6.45) is 35.2. The summed E-state index contributed by atoms with van der Waals surface area (Å²) < 4.78 is 0. The minimum absolute atomic E-state index is 0.910. The van der Waals surface area contributed by atoms with Crippen molar-refractivity contribution < 1.29 is 0 Å². The van der Waals surface area contributed by atoms with Crippen molar-refractivity contribution in [2.45, 2.75) is 142 Å². The lowest BCUT2D eigenvalue weighted by atomic mass is 9.68. The molecule has 0 bridgehead atoms. The van der Waals surface area contributed by atoms with E-state index in [0.29, 0.717) is 0 Å². The molecule has 0 saturated heterocycles. The Hall–Kier alpha value is -0.260. The van der Waals surface area contributed by atoms with Crippen molar-refractivity contribution in [1.29, 1.82) is 0 Å². The largest absolute Gasteiger partial charge is 0.0851 e. The maximum Gasteiger partial charge on any atom is -0.0233 e. The molecule has 3 saturated carbocycles. The fourth-order valence-corrected chi connectivity index (χ4v) is 7.19. The molecule has 3 aliphatic rings. The van der Waals surface area contributed by atoms with Crippen molar-refractivity contribution in [2.24, 2.45) is 35.5 Å². The SMILES string of the molecule is CCCCCCCC1CCC(C2CCC(/C=C/C3CCC(CCC)CC3)CC2)CC1. The smallest absolute Gasteiger partial charge is 0.0233 e. The van der Waals surface area contributed by atoms with E-state index < -0.39 is 0 Å². The third-order valence-electron chi connectivity index (χ3n) is 9.33. The minimum atomic E-state index is 0.910. The van der Waals surface area contributed by atoms with Crippen LogP contribution in [0.4, 0.5) is 0 Å². The molecule has 0 amide bonds. The molecule has 0 heterocycles. The van der Waals surface area contributed by atoms with Gasteiger partial charge in [0.15, 0.2) is 0 Å². The third-order valence-corrected chi connectivity index (χ3v) is 9.33. The summed E-state index contributed by atoms with van der Waals surface area (Å²) in [6, 6.07) is 0. The molecule has 30 heavy (non-hydrogen) atoms. The number of unbranched alkanes of at least 4 members (excludes halogenated alkanes) is 4. The van der Waals surface area contributed by atoms with Crippen LogP contribution < -0.4 is 0 Å². The quantitative estimate of drug-likeness (QED) is 0.233. The van der Waals surface area contributed by atoms with Gasteiger partial charge in [0.05, 0.1) is 0 Å². The van der Waals surface area contributed by atoms with Crippen molar-refractivity contribution in [3.63, 3.8) is 0 Å². The Labute approximate surface area is 190 Å². The molecule has 0 N–H and O–H groups in total. The van der Waals surface area contributed by atoms with E-state index in [1.165, 1.54) is 103 Å². The first kappa shape index (κ1) is 24.4. The molecule has 0 atom stereocenters. The first-order valence-corrected chi connectivity index (χ1v) is 14.5. The van der Waals surface area contributed by atoms with Crippen LogP contribution in [-0.2, 0) is 0 Å². The van der Waals surface area contributed by atoms with E-state index in [0.717, 1.165) is 35.5 Å². The van der Waals surface area contributed by atoms with Crippen LogP contribution in [0.2, 0.25) is 0 Å². The van der Waals surface area contributed by atoms with Gasteiger partial charge in [0.2, 0.25) is 0 Å². The molecule has 0 nitrogen and oxygen atoms in total. The Bertz CT molecular complexity index is 439. The summed E-state index contributed by atoms with van der Waals surface area (Å²) in [5, 5.41) is 0. The van der Waals surface area contributed by atoms with Gasteiger partial charge in [0, 0.05) is 0 Å². The van der Waals surface area contributed by atoms with Gasteiger partial charge < -0.3 is 0 Å². The highest BCUT2D eigenvalue weighted by Crippen LogP contribution is 2.43. The number of rotatable bonds is 11. The molecule has 3 rings (SSSR count). The predicted octanol–water partition coefficient (Wildman–Crippen LogP) is 10.1. The van der Waals surface area contributed by atoms with E-state index in [2.05, 4.69) is 26.0 Å². The standard InChI is InChI=1S/C30H54/c1-3-5-6-7-8-10-26-17-21-29(22-18-26)30-23-19-28(20-24-30)16-15-27-13-11-25(9-4-2)12-14-27/h15-16,25-30H,3-14,17-24H2,1-2H3/b16-15+. The number of allylic oxidation sites excluding steroid dienone is 2. The summed E-state index contributed by atoms with van der Waals surface area (Å²) in [4.78, 5) is 0. The average molecular weight is 415 g/mol. The topological polar surface area (TPSA) is 0 Å². The van der Waals surface area contributed by atoms with Crippen LogP contribution in [0.5, 0.6) is 0 Å². The maximum atomic E-state index is 2.66. The lowest BCUT2D eigenvalue weighted by Crippen LogP contribution is -2.25. The summed E-state index contributed by atoms with van der Waals surface area (Å²) in [7, 11) is 0. The molecule has 0 radical (unpaired) electrons. The zero-order chi connectivity index (χ0) is 21.0. The summed E-state index contributed by atoms with van der Waals surface area (Å²) in [5.74, 6) is 6.10. The summed E-state index contributed by atoms with van der Waals surface area (Å²) in [5.41, 5.74) is 0. The Balaban J connectivity index is 1.26. The second-order valence-electron chi connectivity index (χ2n) is 11.6. The van der Waals surface area contributed by atoms with Crippen molar-refractivity contribution in [3.05, 3.63) is 12.2 Å². The van der Waals surface area contributed by atoms with Gasteiger partial charge in [-0.1, -0.05) is 90.2 Å². The molecule has 3 aliphatic carbocycles. The van der Waals surface area contributed by atoms with E-state index in [4.69, 9.17) is 0 Å². The Morgan fingerprint density at radius 1 is 0.467 bits per heavy atom. The second kappa shape index (κ2) is 14.0. The van der Waals surface area contributed by atoms with Gasteiger partial charge in [-0.05, 0) is 99.7 Å². The summed E-state index contributed by atoms with van der Waals surface area (Å²) >= 11 is 0. The third kappa shape index (κ3) is 8.35. The average Bonchev–Trinajstić information content (AvgIpc) is 2.79. The fourth-order valence-electron chi connectivity index (χ4n) is 7.19. The van der Waals surface area contributed by atoms with Crippen LogP contribution in [0.3, 0.4) is 0 Å². The van der Waals surface area contributed by atoms with Gasteiger partial charge in [-0.2, -0.15) is 0 Å². The monoisotopic (exact) mass is 414 g/mol. The van der Waals surface area contributed by atoms with Gasteiger partial charge in [-0.25, -0.2) is 0 Å². The fraction of sp³-hybridized carbons (Fsp3) is 0.933. The Morgan fingerprint density at radius 2 is 0.933 bits per heavy atom. The molecule has 0 spiro atoms. The molecule has 0 heteroatoms. The second-order valence-corrected chi connectivity index (χ2v) is 11.6. The van der Waals surface area contributed by atoms with Gasteiger partial charge in [-0.3, -0.25) is 0 Å². The van der Waals surface area contributed by atoms with Gasteiger partial charge in [0.25, 0.3) is 0 Å². The normalized spacial score (nSPS) is 35.7. The van der Waals surface area contributed by atoms with E-state index in [1.807, 2.05) is 0 Å². The molecular formula is C30H54. The molecule has 0 aliphatic heterocycles. The molecule has 0 unspecified atom stereocenters. The van der Waals surface area contributed by atoms with E-state index in [1.54, 1.807) is 25.7 Å². The van der Waals surface area contributed by atoms with Crippen LogP contribution in [0.1, 0.15) is 142 Å². The van der Waals surface area contributed by atoms with Crippen molar-refractivity contribution in [2.75, 3.05) is 0 Å². The lowest BCUT2D eigenvalue weighted by molar-refractivity contribution is 0.151. The minimum Gasteiger partial charge on any atom is -0.0851 e. The molecule has 0 aromatic carbocycles. The van der Waals surface area contributed by atoms with Gasteiger partial charge in [-0.15, -0.1) is 0 Å². The zero-order valence-corrected chi connectivity index (χ0v) is 20.8. The highest BCUT2D eigenvalue weighted by Gasteiger charge is 2.30. The van der Waals surface area contributed by atoms with Crippen molar-refractivity contribution >= 4 is 0 Å². The van der Waals surface area contributed by atoms with Crippen LogP contribution >= 0.6 is 0 Å². The van der Waals surface area contributed by atoms with Gasteiger partial charge >= 0.3 is 0 Å². The zero-order valence-electron chi connectivity index (χ0n) is 20.8. The Kier molecular flexibility index (Phi) is 11.4. The first-order chi connectivity index (χ1) is 14.8. The van der Waals surface area contributed by atoms with Crippen LogP contribution in [-0.4, -0.2) is 0 Å². The lowest BCUT2D eigenvalue weighted by Gasteiger charge is -2.37. The Morgan fingerprint density at radius 3 is 1.50 bits per heavy atom. The van der Waals surface area contributed by atoms with E-state index >= 15 is 0 Å². The van der Waals surface area contributed by atoms with Crippen molar-refractivity contribution in [1.82, 2.24) is 0 Å². The predicted molar refractivity (Wildman–Crippen MR) is 134 cm³/mol. The van der Waals surface area contributed by atoms with Crippen LogP contribution in [0.15, 0.2) is 12.2 Å². The first-order valence-electron chi connectivity index (χ1n) is 14.5. The number of hydrogen-bond donors (Lipinski definition) is 0.